The first kappa shape index (κ1) is 17.7. The smallest absolute Gasteiger partial charge is 0.338 e. The van der Waals surface area contributed by atoms with Gasteiger partial charge in [-0.05, 0) is 43.3 Å². The number of halogens is 1. The van der Waals surface area contributed by atoms with Gasteiger partial charge >= 0.3 is 5.97 Å². The molecule has 1 aromatic heterocycles. The average Bonchev–Trinajstić information content (AvgIpc) is 3.18. The molecule has 0 aliphatic rings. The molecule has 2 aromatic carbocycles. The minimum absolute atomic E-state index is 0.353. The minimum atomic E-state index is -0.942. The molecule has 1 heterocycles. The van der Waals surface area contributed by atoms with Crippen molar-refractivity contribution in [2.45, 2.75) is 13.0 Å². The normalized spacial score (nSPS) is 11.6. The highest BCUT2D eigenvalue weighted by molar-refractivity contribution is 6.30. The van der Waals surface area contributed by atoms with Crippen molar-refractivity contribution in [3.05, 3.63) is 71.5 Å². The van der Waals surface area contributed by atoms with Crippen molar-refractivity contribution in [3.8, 4) is 11.4 Å². The maximum absolute atomic E-state index is 12.2. The summed E-state index contributed by atoms with van der Waals surface area (Å²) in [6.07, 6.45) is 2.43. The van der Waals surface area contributed by atoms with E-state index in [4.69, 9.17) is 16.3 Å². The molecule has 0 bridgehead atoms. The molecular formula is C19H16ClN3O3. The predicted octanol–water partition coefficient (Wildman–Crippen LogP) is 3.91. The number of anilines is 1. The van der Waals surface area contributed by atoms with Gasteiger partial charge in [-0.2, -0.15) is 0 Å². The molecule has 2 N–H and O–H groups in total. The summed E-state index contributed by atoms with van der Waals surface area (Å²) >= 11 is 5.80. The molecule has 1 atom stereocenters. The van der Waals surface area contributed by atoms with E-state index in [1.54, 1.807) is 60.9 Å². The number of H-pyrrole nitrogens is 1. The fourth-order valence-corrected chi connectivity index (χ4v) is 2.37. The Morgan fingerprint density at radius 1 is 1.12 bits per heavy atom. The molecule has 26 heavy (non-hydrogen) atoms. The van der Waals surface area contributed by atoms with Crippen molar-refractivity contribution >= 4 is 29.2 Å². The minimum Gasteiger partial charge on any atom is -0.449 e. The predicted molar refractivity (Wildman–Crippen MR) is 99.0 cm³/mol. The number of nitrogens with one attached hydrogen (secondary N) is 2. The molecular weight excluding hydrogens is 354 g/mol. The monoisotopic (exact) mass is 369 g/mol. The molecule has 0 spiro atoms. The molecule has 1 unspecified atom stereocenters. The second kappa shape index (κ2) is 7.84. The molecule has 0 saturated heterocycles. The molecule has 0 saturated carbocycles. The van der Waals surface area contributed by atoms with Gasteiger partial charge in [-0.1, -0.05) is 23.7 Å². The van der Waals surface area contributed by atoms with Crippen LogP contribution in [0.5, 0.6) is 0 Å². The van der Waals surface area contributed by atoms with Crippen molar-refractivity contribution in [2.75, 3.05) is 5.32 Å². The average molecular weight is 370 g/mol. The van der Waals surface area contributed by atoms with Crippen LogP contribution in [0.3, 0.4) is 0 Å². The third kappa shape index (κ3) is 4.29. The molecule has 0 fully saturated rings. The molecule has 6 nitrogen and oxygen atoms in total. The molecule has 0 aliphatic heterocycles. The summed E-state index contributed by atoms with van der Waals surface area (Å²) in [5, 5.41) is 3.24. The second-order valence-electron chi connectivity index (χ2n) is 5.56. The molecule has 3 rings (SSSR count). The zero-order valence-corrected chi connectivity index (χ0v) is 14.7. The highest BCUT2D eigenvalue weighted by Gasteiger charge is 2.19. The summed E-state index contributed by atoms with van der Waals surface area (Å²) in [7, 11) is 0. The van der Waals surface area contributed by atoms with E-state index in [2.05, 4.69) is 15.3 Å². The van der Waals surface area contributed by atoms with E-state index in [1.807, 2.05) is 0 Å². The number of nitrogens with zero attached hydrogens (tertiary/aromatic N) is 1. The summed E-state index contributed by atoms with van der Waals surface area (Å²) < 4.78 is 5.22. The van der Waals surface area contributed by atoms with Crippen LogP contribution >= 0.6 is 11.6 Å². The van der Waals surface area contributed by atoms with Crippen LogP contribution in [0.4, 0.5) is 5.69 Å². The highest BCUT2D eigenvalue weighted by atomic mass is 35.5. The van der Waals surface area contributed by atoms with E-state index in [0.717, 1.165) is 5.56 Å². The lowest BCUT2D eigenvalue weighted by Crippen LogP contribution is -2.29. The lowest BCUT2D eigenvalue weighted by atomic mass is 10.1. The van der Waals surface area contributed by atoms with Gasteiger partial charge in [0.2, 0.25) is 0 Å². The van der Waals surface area contributed by atoms with E-state index in [-0.39, 0.29) is 0 Å². The number of carbonyl (C=O) groups excluding carboxylic acids is 2. The third-order valence-corrected chi connectivity index (χ3v) is 3.91. The number of hydrogen-bond acceptors (Lipinski definition) is 4. The molecule has 132 valence electrons. The Morgan fingerprint density at radius 2 is 1.81 bits per heavy atom. The summed E-state index contributed by atoms with van der Waals surface area (Å²) in [5.74, 6) is -0.289. The summed E-state index contributed by atoms with van der Waals surface area (Å²) in [5.41, 5.74) is 1.77. The Bertz CT molecular complexity index is 891. The van der Waals surface area contributed by atoms with Crippen LogP contribution in [0.25, 0.3) is 11.4 Å². The SMILES string of the molecule is CC(OC(=O)c1ccc(-c2ncc[nH]2)cc1)C(=O)Nc1ccc(Cl)cc1. The lowest BCUT2D eigenvalue weighted by Gasteiger charge is -2.13. The van der Waals surface area contributed by atoms with E-state index in [1.165, 1.54) is 6.92 Å². The van der Waals surface area contributed by atoms with E-state index < -0.39 is 18.0 Å². The summed E-state index contributed by atoms with van der Waals surface area (Å²) in [4.78, 5) is 31.5. The Kier molecular flexibility index (Phi) is 5.34. The first-order valence-electron chi connectivity index (χ1n) is 7.90. The van der Waals surface area contributed by atoms with Gasteiger partial charge in [0.05, 0.1) is 5.56 Å². The number of aromatic amines is 1. The number of imidazole rings is 1. The molecule has 7 heteroatoms. The van der Waals surface area contributed by atoms with Gasteiger partial charge in [0.25, 0.3) is 5.91 Å². The maximum atomic E-state index is 12.2. The summed E-state index contributed by atoms with van der Waals surface area (Å²) in [6, 6.07) is 13.4. The fourth-order valence-electron chi connectivity index (χ4n) is 2.25. The standard InChI is InChI=1S/C19H16ClN3O3/c1-12(18(24)23-16-8-6-15(20)7-9-16)26-19(25)14-4-2-13(3-5-14)17-21-10-11-22-17/h2-12H,1H3,(H,21,22)(H,23,24). The zero-order chi connectivity index (χ0) is 18.5. The van der Waals surface area contributed by atoms with Crippen LogP contribution in [0.1, 0.15) is 17.3 Å². The van der Waals surface area contributed by atoms with Crippen LogP contribution in [0, 0.1) is 0 Å². The Balaban J connectivity index is 1.59. The molecule has 0 aliphatic carbocycles. The quantitative estimate of drug-likeness (QED) is 0.668. The second-order valence-corrected chi connectivity index (χ2v) is 6.00. The highest BCUT2D eigenvalue weighted by Crippen LogP contribution is 2.17. The van der Waals surface area contributed by atoms with Crippen molar-refractivity contribution in [1.29, 1.82) is 0 Å². The van der Waals surface area contributed by atoms with Crippen molar-refractivity contribution in [1.82, 2.24) is 9.97 Å². The van der Waals surface area contributed by atoms with Crippen LogP contribution in [-0.4, -0.2) is 27.9 Å². The Labute approximate surface area is 155 Å². The van der Waals surface area contributed by atoms with Crippen LogP contribution < -0.4 is 5.32 Å². The lowest BCUT2D eigenvalue weighted by molar-refractivity contribution is -0.123. The summed E-state index contributed by atoms with van der Waals surface area (Å²) in [6.45, 7) is 1.51. The van der Waals surface area contributed by atoms with Crippen LogP contribution in [0.2, 0.25) is 5.02 Å². The van der Waals surface area contributed by atoms with Gasteiger partial charge in [0.1, 0.15) is 5.82 Å². The number of hydrogen-bond donors (Lipinski definition) is 2. The fraction of sp³-hybridized carbons (Fsp3) is 0.105. The maximum Gasteiger partial charge on any atom is 0.338 e. The van der Waals surface area contributed by atoms with Gasteiger partial charge in [0, 0.05) is 28.7 Å². The van der Waals surface area contributed by atoms with Crippen molar-refractivity contribution in [3.63, 3.8) is 0 Å². The van der Waals surface area contributed by atoms with E-state index in [9.17, 15) is 9.59 Å². The number of aromatic nitrogens is 2. The number of ether oxygens (including phenoxy) is 1. The van der Waals surface area contributed by atoms with Crippen molar-refractivity contribution < 1.29 is 14.3 Å². The van der Waals surface area contributed by atoms with E-state index >= 15 is 0 Å². The van der Waals surface area contributed by atoms with Crippen molar-refractivity contribution in [2.24, 2.45) is 0 Å². The van der Waals surface area contributed by atoms with Gasteiger partial charge < -0.3 is 15.0 Å². The zero-order valence-electron chi connectivity index (χ0n) is 13.9. The first-order chi connectivity index (χ1) is 12.5. The molecule has 1 amide bonds. The molecule has 0 radical (unpaired) electrons. The largest absolute Gasteiger partial charge is 0.449 e. The third-order valence-electron chi connectivity index (χ3n) is 3.66. The van der Waals surface area contributed by atoms with Gasteiger partial charge in [-0.15, -0.1) is 0 Å². The number of benzene rings is 2. The van der Waals surface area contributed by atoms with Crippen LogP contribution in [0.15, 0.2) is 60.9 Å². The Morgan fingerprint density at radius 3 is 2.42 bits per heavy atom. The van der Waals surface area contributed by atoms with Crippen LogP contribution in [-0.2, 0) is 9.53 Å². The van der Waals surface area contributed by atoms with E-state index in [0.29, 0.717) is 22.1 Å². The number of rotatable bonds is 5. The van der Waals surface area contributed by atoms with Gasteiger partial charge in [-0.25, -0.2) is 9.78 Å². The number of amides is 1. The van der Waals surface area contributed by atoms with Gasteiger partial charge in [0.15, 0.2) is 6.10 Å². The molecule has 3 aromatic rings. The first-order valence-corrected chi connectivity index (χ1v) is 8.28. The number of esters is 1. The Hall–Kier alpha value is -3.12. The van der Waals surface area contributed by atoms with Gasteiger partial charge in [-0.3, -0.25) is 4.79 Å². The topological polar surface area (TPSA) is 84.1 Å². The number of carbonyl (C=O) groups is 2.